The van der Waals surface area contributed by atoms with Crippen LogP contribution in [0.5, 0.6) is 0 Å². The summed E-state index contributed by atoms with van der Waals surface area (Å²) in [5, 5.41) is 2.81. The third-order valence-corrected chi connectivity index (χ3v) is 4.65. The molecule has 2 aromatic rings. The van der Waals surface area contributed by atoms with Crippen LogP contribution in [-0.4, -0.2) is 36.3 Å². The average Bonchev–Trinajstić information content (AvgIpc) is 3.04. The van der Waals surface area contributed by atoms with Crippen LogP contribution in [0.25, 0.3) is 0 Å². The highest BCUT2D eigenvalue weighted by Gasteiger charge is 2.34. The number of aryl methyl sites for hydroxylation is 1. The topological polar surface area (TPSA) is 75.7 Å². The average molecular weight is 366 g/mol. The Balaban J connectivity index is 1.58. The Labute approximate surface area is 158 Å². The molecular weight excluding hydrogens is 344 g/mol. The number of rotatable bonds is 5. The molecule has 2 amide bonds. The first-order chi connectivity index (χ1) is 13.0. The number of carbonyl (C=O) groups excluding carboxylic acids is 3. The summed E-state index contributed by atoms with van der Waals surface area (Å²) in [5.74, 6) is -1.03. The number of methoxy groups -OCH3 is 1. The lowest BCUT2D eigenvalue weighted by molar-refractivity contribution is -0.128. The molecule has 1 saturated heterocycles. The maximum absolute atomic E-state index is 12.5. The Morgan fingerprint density at radius 1 is 1.11 bits per heavy atom. The Morgan fingerprint density at radius 3 is 2.41 bits per heavy atom. The second-order valence-corrected chi connectivity index (χ2v) is 6.72. The van der Waals surface area contributed by atoms with Gasteiger partial charge in [0.25, 0.3) is 0 Å². The molecule has 6 nitrogen and oxygen atoms in total. The summed E-state index contributed by atoms with van der Waals surface area (Å²) >= 11 is 0. The van der Waals surface area contributed by atoms with E-state index >= 15 is 0 Å². The molecule has 0 saturated carbocycles. The van der Waals surface area contributed by atoms with Gasteiger partial charge in [-0.05, 0) is 36.8 Å². The van der Waals surface area contributed by atoms with Crippen molar-refractivity contribution >= 4 is 23.5 Å². The molecule has 0 spiro atoms. The van der Waals surface area contributed by atoms with Gasteiger partial charge < -0.3 is 15.0 Å². The predicted octanol–water partition coefficient (Wildman–Crippen LogP) is 2.77. The van der Waals surface area contributed by atoms with Gasteiger partial charge in [0, 0.05) is 25.2 Å². The lowest BCUT2D eigenvalue weighted by atomic mass is 10.1. The van der Waals surface area contributed by atoms with Gasteiger partial charge in [0.15, 0.2) is 0 Å². The van der Waals surface area contributed by atoms with Crippen LogP contribution >= 0.6 is 0 Å². The van der Waals surface area contributed by atoms with Crippen molar-refractivity contribution in [1.82, 2.24) is 4.90 Å². The van der Waals surface area contributed by atoms with Crippen LogP contribution in [-0.2, 0) is 20.9 Å². The number of hydrogen-bond acceptors (Lipinski definition) is 4. The number of amides is 2. The number of benzene rings is 2. The molecular formula is C21H22N2O4. The first-order valence-corrected chi connectivity index (χ1v) is 8.79. The number of anilines is 1. The molecule has 1 atom stereocenters. The van der Waals surface area contributed by atoms with Gasteiger partial charge in [0.1, 0.15) is 0 Å². The largest absolute Gasteiger partial charge is 0.465 e. The van der Waals surface area contributed by atoms with Crippen LogP contribution in [0.1, 0.15) is 27.9 Å². The normalized spacial score (nSPS) is 16.3. The SMILES string of the molecule is COC(=O)c1ccc(NC(=O)[C@@H]2CC(=O)N(Cc3ccc(C)cc3)C2)cc1. The van der Waals surface area contributed by atoms with Crippen molar-refractivity contribution in [3.63, 3.8) is 0 Å². The van der Waals surface area contributed by atoms with Gasteiger partial charge in [-0.15, -0.1) is 0 Å². The Kier molecular flexibility index (Phi) is 5.54. The van der Waals surface area contributed by atoms with Gasteiger partial charge in [-0.2, -0.15) is 0 Å². The highest BCUT2D eigenvalue weighted by molar-refractivity contribution is 5.97. The maximum Gasteiger partial charge on any atom is 0.337 e. The maximum atomic E-state index is 12.5. The van der Waals surface area contributed by atoms with E-state index in [1.165, 1.54) is 12.7 Å². The number of nitrogens with zero attached hydrogens (tertiary/aromatic N) is 1. The number of likely N-dealkylation sites (tertiary alicyclic amines) is 1. The molecule has 0 unspecified atom stereocenters. The van der Waals surface area contributed by atoms with Gasteiger partial charge in [-0.1, -0.05) is 29.8 Å². The number of esters is 1. The van der Waals surface area contributed by atoms with E-state index in [9.17, 15) is 14.4 Å². The first kappa shape index (κ1) is 18.6. The molecule has 0 aliphatic carbocycles. The molecule has 0 aromatic heterocycles. The van der Waals surface area contributed by atoms with Crippen LogP contribution in [0.2, 0.25) is 0 Å². The summed E-state index contributed by atoms with van der Waals surface area (Å²) in [6, 6.07) is 14.5. The van der Waals surface area contributed by atoms with Crippen molar-refractivity contribution in [3.05, 3.63) is 65.2 Å². The van der Waals surface area contributed by atoms with Gasteiger partial charge in [-0.25, -0.2) is 4.79 Å². The van der Waals surface area contributed by atoms with E-state index in [-0.39, 0.29) is 24.2 Å². The van der Waals surface area contributed by atoms with Gasteiger partial charge >= 0.3 is 5.97 Å². The van der Waals surface area contributed by atoms with E-state index in [0.717, 1.165) is 5.56 Å². The smallest absolute Gasteiger partial charge is 0.337 e. The number of nitrogens with one attached hydrogen (secondary N) is 1. The lowest BCUT2D eigenvalue weighted by Crippen LogP contribution is -2.28. The molecule has 2 aromatic carbocycles. The molecule has 6 heteroatoms. The van der Waals surface area contributed by atoms with E-state index in [4.69, 9.17) is 0 Å². The predicted molar refractivity (Wildman–Crippen MR) is 101 cm³/mol. The summed E-state index contributed by atoms with van der Waals surface area (Å²) in [7, 11) is 1.32. The van der Waals surface area contributed by atoms with Crippen molar-refractivity contribution < 1.29 is 19.1 Å². The molecule has 140 valence electrons. The van der Waals surface area contributed by atoms with Crippen LogP contribution in [0.15, 0.2) is 48.5 Å². The second kappa shape index (κ2) is 8.03. The zero-order chi connectivity index (χ0) is 19.4. The molecule has 3 rings (SSSR count). The molecule has 0 radical (unpaired) electrons. The molecule has 0 bridgehead atoms. The van der Waals surface area contributed by atoms with Crippen molar-refractivity contribution in [2.75, 3.05) is 19.0 Å². The molecule has 1 heterocycles. The highest BCUT2D eigenvalue weighted by atomic mass is 16.5. The quantitative estimate of drug-likeness (QED) is 0.826. The van der Waals surface area contributed by atoms with Crippen LogP contribution in [0.4, 0.5) is 5.69 Å². The van der Waals surface area contributed by atoms with E-state index in [2.05, 4.69) is 10.1 Å². The second-order valence-electron chi connectivity index (χ2n) is 6.72. The highest BCUT2D eigenvalue weighted by Crippen LogP contribution is 2.22. The molecule has 1 fully saturated rings. The third-order valence-electron chi connectivity index (χ3n) is 4.65. The lowest BCUT2D eigenvalue weighted by Gasteiger charge is -2.17. The fourth-order valence-electron chi connectivity index (χ4n) is 3.07. The van der Waals surface area contributed by atoms with Crippen LogP contribution in [0, 0.1) is 12.8 Å². The summed E-state index contributed by atoms with van der Waals surface area (Å²) in [5.41, 5.74) is 3.21. The van der Waals surface area contributed by atoms with Crippen LogP contribution < -0.4 is 5.32 Å². The van der Waals surface area contributed by atoms with Gasteiger partial charge in [0.2, 0.25) is 11.8 Å². The summed E-state index contributed by atoms with van der Waals surface area (Å²) in [4.78, 5) is 37.9. The molecule has 1 N–H and O–H groups in total. The van der Waals surface area contributed by atoms with Crippen molar-refractivity contribution in [2.24, 2.45) is 5.92 Å². The van der Waals surface area contributed by atoms with E-state index in [1.54, 1.807) is 29.2 Å². The zero-order valence-electron chi connectivity index (χ0n) is 15.4. The number of carbonyl (C=O) groups is 3. The molecule has 1 aliphatic rings. The van der Waals surface area contributed by atoms with E-state index < -0.39 is 5.97 Å². The Hall–Kier alpha value is -3.15. The summed E-state index contributed by atoms with van der Waals surface area (Å²) < 4.78 is 4.65. The van der Waals surface area contributed by atoms with Crippen molar-refractivity contribution in [2.45, 2.75) is 19.9 Å². The fourth-order valence-corrected chi connectivity index (χ4v) is 3.07. The first-order valence-electron chi connectivity index (χ1n) is 8.79. The monoisotopic (exact) mass is 366 g/mol. The number of ether oxygens (including phenoxy) is 1. The Morgan fingerprint density at radius 2 is 1.78 bits per heavy atom. The van der Waals surface area contributed by atoms with Gasteiger partial charge in [-0.3, -0.25) is 9.59 Å². The minimum atomic E-state index is -0.430. The Bertz CT molecular complexity index is 843. The fraction of sp³-hybridized carbons (Fsp3) is 0.286. The third kappa shape index (κ3) is 4.53. The van der Waals surface area contributed by atoms with Crippen molar-refractivity contribution in [1.29, 1.82) is 0 Å². The van der Waals surface area contributed by atoms with E-state index in [0.29, 0.717) is 24.3 Å². The van der Waals surface area contributed by atoms with Gasteiger partial charge in [0.05, 0.1) is 18.6 Å². The standard InChI is InChI=1S/C21H22N2O4/c1-14-3-5-15(6-4-14)12-23-13-17(11-19(23)24)20(25)22-18-9-7-16(8-10-18)21(26)27-2/h3-10,17H,11-13H2,1-2H3,(H,22,25)/t17-/m1/s1. The molecule has 27 heavy (non-hydrogen) atoms. The van der Waals surface area contributed by atoms with Crippen molar-refractivity contribution in [3.8, 4) is 0 Å². The van der Waals surface area contributed by atoms with Crippen LogP contribution in [0.3, 0.4) is 0 Å². The summed E-state index contributed by atoms with van der Waals surface area (Å²) in [6.07, 6.45) is 0.206. The summed E-state index contributed by atoms with van der Waals surface area (Å²) in [6.45, 7) is 2.93. The van der Waals surface area contributed by atoms with E-state index in [1.807, 2.05) is 31.2 Å². The molecule has 1 aliphatic heterocycles. The number of hydrogen-bond donors (Lipinski definition) is 1. The minimum Gasteiger partial charge on any atom is -0.465 e. The minimum absolute atomic E-state index is 0.0169. The zero-order valence-corrected chi connectivity index (χ0v) is 15.4.